The van der Waals surface area contributed by atoms with Crippen LogP contribution in [0, 0.1) is 6.92 Å². The molecule has 2 nitrogen and oxygen atoms in total. The molecular weight excluding hydrogens is 186 g/mol. The van der Waals surface area contributed by atoms with Gasteiger partial charge in [-0.25, -0.2) is 0 Å². The molecular formula is C13H25NO. The third-order valence-electron chi connectivity index (χ3n) is 0.940. The van der Waals surface area contributed by atoms with Gasteiger partial charge < -0.3 is 10.5 Å². The molecule has 0 aliphatic rings. The molecule has 0 bridgehead atoms. The van der Waals surface area contributed by atoms with E-state index in [2.05, 4.69) is 37.9 Å². The van der Waals surface area contributed by atoms with E-state index in [1.807, 2.05) is 38.8 Å². The highest BCUT2D eigenvalue weighted by atomic mass is 16.1. The van der Waals surface area contributed by atoms with Crippen LogP contribution in [-0.2, 0) is 4.79 Å². The van der Waals surface area contributed by atoms with Crippen molar-refractivity contribution >= 4 is 6.79 Å². The Morgan fingerprint density at radius 2 is 1.20 bits per heavy atom. The quantitative estimate of drug-likeness (QED) is 0.670. The molecule has 0 unspecified atom stereocenters. The van der Waals surface area contributed by atoms with Crippen LogP contribution in [-0.4, -0.2) is 13.8 Å². The van der Waals surface area contributed by atoms with Crippen molar-refractivity contribution in [1.82, 2.24) is 0 Å². The number of aryl methyl sites for hydroxylation is 1. The van der Waals surface area contributed by atoms with Gasteiger partial charge in [0.25, 0.3) is 0 Å². The molecule has 2 N–H and O–H groups in total. The first-order valence-corrected chi connectivity index (χ1v) is 4.78. The van der Waals surface area contributed by atoms with Crippen molar-refractivity contribution in [2.24, 2.45) is 5.73 Å². The Balaban J connectivity index is -0.0000000650. The highest BCUT2D eigenvalue weighted by Crippen LogP contribution is 1.92. The number of hydrogen-bond acceptors (Lipinski definition) is 2. The van der Waals surface area contributed by atoms with Crippen molar-refractivity contribution in [2.75, 3.05) is 7.05 Å². The minimum Gasteiger partial charge on any atom is -0.333 e. The monoisotopic (exact) mass is 211 g/mol. The van der Waals surface area contributed by atoms with Gasteiger partial charge >= 0.3 is 0 Å². The molecule has 0 radical (unpaired) electrons. The summed E-state index contributed by atoms with van der Waals surface area (Å²) in [6.07, 6.45) is 0. The number of nitrogens with two attached hydrogens (primary N) is 1. The van der Waals surface area contributed by atoms with Crippen LogP contribution in [0.2, 0.25) is 0 Å². The Hall–Kier alpha value is -1.41. The Labute approximate surface area is 94.8 Å². The minimum absolute atomic E-state index is 1.32. The zero-order valence-electron chi connectivity index (χ0n) is 10.5. The van der Waals surface area contributed by atoms with Crippen molar-refractivity contribution < 1.29 is 4.79 Å². The third-order valence-corrected chi connectivity index (χ3v) is 0.940. The number of rotatable bonds is 0. The van der Waals surface area contributed by atoms with Gasteiger partial charge in [-0.1, -0.05) is 49.7 Å². The van der Waals surface area contributed by atoms with Crippen molar-refractivity contribution in [3.8, 4) is 0 Å². The van der Waals surface area contributed by atoms with E-state index in [9.17, 15) is 0 Å². The number of carbonyl (C=O) groups is 1. The molecule has 0 aliphatic carbocycles. The molecule has 0 aliphatic heterocycles. The first-order chi connectivity index (χ1) is 7.39. The van der Waals surface area contributed by atoms with Gasteiger partial charge in [-0.15, -0.1) is 13.2 Å². The van der Waals surface area contributed by atoms with Crippen LogP contribution in [0.15, 0.2) is 43.5 Å². The lowest BCUT2D eigenvalue weighted by Crippen LogP contribution is -1.69. The number of benzene rings is 1. The molecule has 88 valence electrons. The summed E-state index contributed by atoms with van der Waals surface area (Å²) in [4.78, 5) is 8.00. The number of hydrogen-bond donors (Lipinski definition) is 1. The van der Waals surface area contributed by atoms with E-state index >= 15 is 0 Å². The maximum absolute atomic E-state index is 8.00. The van der Waals surface area contributed by atoms with Gasteiger partial charge in [0.1, 0.15) is 6.79 Å². The number of carbonyl (C=O) groups excluding carboxylic acids is 1. The van der Waals surface area contributed by atoms with Crippen LogP contribution in [0.4, 0.5) is 0 Å². The highest BCUT2D eigenvalue weighted by Gasteiger charge is 1.72. The summed E-state index contributed by atoms with van der Waals surface area (Å²) < 4.78 is 0. The smallest absolute Gasteiger partial charge is 0.106 e. The molecule has 2 heteroatoms. The summed E-state index contributed by atoms with van der Waals surface area (Å²) in [7, 11) is 1.50. The van der Waals surface area contributed by atoms with Crippen molar-refractivity contribution in [3.05, 3.63) is 49.1 Å². The van der Waals surface area contributed by atoms with E-state index in [1.54, 1.807) is 0 Å². The second kappa shape index (κ2) is 38.9. The second-order valence-corrected chi connectivity index (χ2v) is 1.65. The van der Waals surface area contributed by atoms with Gasteiger partial charge in [0.15, 0.2) is 0 Å². The molecule has 0 saturated carbocycles. The lowest BCUT2D eigenvalue weighted by atomic mass is 10.2. The Bertz CT molecular complexity index is 161. The molecule has 15 heavy (non-hydrogen) atoms. The van der Waals surface area contributed by atoms with Gasteiger partial charge in [0, 0.05) is 0 Å². The first kappa shape index (κ1) is 23.4. The largest absolute Gasteiger partial charge is 0.333 e. The van der Waals surface area contributed by atoms with E-state index in [-0.39, 0.29) is 0 Å². The molecule has 0 fully saturated rings. The van der Waals surface area contributed by atoms with Gasteiger partial charge in [-0.05, 0) is 14.0 Å². The van der Waals surface area contributed by atoms with Crippen LogP contribution >= 0.6 is 0 Å². The molecule has 0 aromatic heterocycles. The Kier molecular flexibility index (Phi) is 60.8. The maximum atomic E-state index is 8.00. The average Bonchev–Trinajstić information content (AvgIpc) is 2.40. The standard InChI is InChI=1S/C7H8.C2H6.C2H4.CH5N.CH2O/c1-7-5-3-2-4-6-7;4*1-2/h2-6H,1H3;1-2H3;1-2H2;2H2,1H3;1H2. The molecule has 1 aromatic carbocycles. The SMILES string of the molecule is C=C.C=O.CC.CN.Cc1ccccc1. The summed E-state index contributed by atoms with van der Waals surface area (Å²) in [6, 6.07) is 10.3. The lowest BCUT2D eigenvalue weighted by Gasteiger charge is -1.82. The summed E-state index contributed by atoms with van der Waals surface area (Å²) in [5.74, 6) is 0. The maximum Gasteiger partial charge on any atom is 0.106 e. The molecule has 0 heterocycles. The minimum atomic E-state index is 1.32. The van der Waals surface area contributed by atoms with Crippen molar-refractivity contribution in [3.63, 3.8) is 0 Å². The average molecular weight is 211 g/mol. The van der Waals surface area contributed by atoms with Crippen molar-refractivity contribution in [1.29, 1.82) is 0 Å². The highest BCUT2D eigenvalue weighted by molar-refractivity contribution is 5.11. The molecule has 0 amide bonds. The van der Waals surface area contributed by atoms with Crippen LogP contribution in [0.3, 0.4) is 0 Å². The predicted molar refractivity (Wildman–Crippen MR) is 71.0 cm³/mol. The summed E-state index contributed by atoms with van der Waals surface area (Å²) in [5, 5.41) is 0. The summed E-state index contributed by atoms with van der Waals surface area (Å²) >= 11 is 0. The predicted octanol–water partition coefficient (Wildman–Crippen LogP) is 3.21. The first-order valence-electron chi connectivity index (χ1n) is 4.78. The topological polar surface area (TPSA) is 43.1 Å². The van der Waals surface area contributed by atoms with E-state index in [0.717, 1.165) is 0 Å². The fraction of sp³-hybridized carbons (Fsp3) is 0.308. The Morgan fingerprint density at radius 1 is 0.933 bits per heavy atom. The third kappa shape index (κ3) is 32.5. The van der Waals surface area contributed by atoms with E-state index < -0.39 is 0 Å². The van der Waals surface area contributed by atoms with Crippen molar-refractivity contribution in [2.45, 2.75) is 20.8 Å². The van der Waals surface area contributed by atoms with Crippen LogP contribution in [0.1, 0.15) is 19.4 Å². The second-order valence-electron chi connectivity index (χ2n) is 1.65. The molecule has 0 atom stereocenters. The van der Waals surface area contributed by atoms with Crippen LogP contribution < -0.4 is 5.73 Å². The Morgan fingerprint density at radius 3 is 1.33 bits per heavy atom. The van der Waals surface area contributed by atoms with Gasteiger partial charge in [0.2, 0.25) is 0 Å². The zero-order valence-corrected chi connectivity index (χ0v) is 10.5. The van der Waals surface area contributed by atoms with Gasteiger partial charge in [-0.3, -0.25) is 0 Å². The van der Waals surface area contributed by atoms with E-state index in [1.165, 1.54) is 12.6 Å². The summed E-state index contributed by atoms with van der Waals surface area (Å²) in [5.41, 5.74) is 5.82. The van der Waals surface area contributed by atoms with Gasteiger partial charge in [0.05, 0.1) is 0 Å². The molecule has 1 aromatic rings. The fourth-order valence-corrected chi connectivity index (χ4v) is 0.534. The van der Waals surface area contributed by atoms with Crippen LogP contribution in [0.25, 0.3) is 0 Å². The fourth-order valence-electron chi connectivity index (χ4n) is 0.534. The molecule has 0 spiro atoms. The van der Waals surface area contributed by atoms with E-state index in [4.69, 9.17) is 4.79 Å². The van der Waals surface area contributed by atoms with E-state index in [0.29, 0.717) is 0 Å². The molecule has 1 rings (SSSR count). The van der Waals surface area contributed by atoms with Gasteiger partial charge in [-0.2, -0.15) is 0 Å². The normalized spacial score (nSPS) is 5.40. The molecule has 0 saturated heterocycles. The van der Waals surface area contributed by atoms with Crippen LogP contribution in [0.5, 0.6) is 0 Å². The lowest BCUT2D eigenvalue weighted by molar-refractivity contribution is -0.0979. The summed E-state index contributed by atoms with van der Waals surface area (Å²) in [6.45, 7) is 14.1. The zero-order chi connectivity index (χ0) is 13.1.